The Hall–Kier alpha value is -2.83. The lowest BCUT2D eigenvalue weighted by molar-refractivity contribution is -0.138. The van der Waals surface area contributed by atoms with E-state index in [2.05, 4.69) is 16.1 Å². The molecule has 118 valence electrons. The van der Waals surface area contributed by atoms with Gasteiger partial charge in [-0.25, -0.2) is 14.4 Å². The summed E-state index contributed by atoms with van der Waals surface area (Å²) in [5.74, 6) is -1.65. The zero-order valence-electron chi connectivity index (χ0n) is 12.3. The highest BCUT2D eigenvalue weighted by Gasteiger charge is 2.22. The van der Waals surface area contributed by atoms with Crippen LogP contribution in [0.25, 0.3) is 0 Å². The lowest BCUT2D eigenvalue weighted by atomic mass is 10.1. The molecule has 7 heteroatoms. The van der Waals surface area contributed by atoms with Crippen molar-refractivity contribution in [1.82, 2.24) is 0 Å². The number of methoxy groups -OCH3 is 2. The Balaban J connectivity index is 2.99. The van der Waals surface area contributed by atoms with Crippen LogP contribution in [0.15, 0.2) is 48.0 Å². The molecule has 0 unspecified atom stereocenters. The van der Waals surface area contributed by atoms with E-state index in [1.54, 1.807) is 0 Å². The van der Waals surface area contributed by atoms with E-state index < -0.39 is 17.9 Å². The van der Waals surface area contributed by atoms with Crippen molar-refractivity contribution in [3.8, 4) is 0 Å². The van der Waals surface area contributed by atoms with Gasteiger partial charge in [0.05, 0.1) is 38.2 Å². The molecule has 1 rings (SSSR count). The molecule has 0 bridgehead atoms. The second-order valence-corrected chi connectivity index (χ2v) is 3.96. The number of hydrogen-bond donors (Lipinski definition) is 0. The van der Waals surface area contributed by atoms with E-state index in [-0.39, 0.29) is 24.2 Å². The maximum absolute atomic E-state index is 11.8. The first-order valence-corrected chi connectivity index (χ1v) is 6.27. The van der Waals surface area contributed by atoms with Crippen molar-refractivity contribution < 1.29 is 33.3 Å². The van der Waals surface area contributed by atoms with Crippen LogP contribution in [0.2, 0.25) is 0 Å². The van der Waals surface area contributed by atoms with Crippen LogP contribution in [0.3, 0.4) is 0 Å². The SMILES string of the molecule is C=CC(=O)OCCC1=CC(C(=O)OC)=C(C(=O)OC)C=CO1. The number of rotatable bonds is 6. The Labute approximate surface area is 127 Å². The van der Waals surface area contributed by atoms with Crippen molar-refractivity contribution in [1.29, 1.82) is 0 Å². The minimum atomic E-state index is -0.712. The van der Waals surface area contributed by atoms with Crippen molar-refractivity contribution >= 4 is 17.9 Å². The third-order valence-corrected chi connectivity index (χ3v) is 2.62. The number of esters is 3. The summed E-state index contributed by atoms with van der Waals surface area (Å²) in [6, 6.07) is 0. The molecule has 1 aliphatic heterocycles. The maximum Gasteiger partial charge on any atom is 0.338 e. The molecule has 0 N–H and O–H groups in total. The van der Waals surface area contributed by atoms with Crippen LogP contribution in [0.1, 0.15) is 6.42 Å². The first-order chi connectivity index (χ1) is 10.5. The summed E-state index contributed by atoms with van der Waals surface area (Å²) < 4.78 is 19.4. The molecule has 0 amide bonds. The lowest BCUT2D eigenvalue weighted by Gasteiger charge is -2.07. The van der Waals surface area contributed by atoms with Gasteiger partial charge in [0.2, 0.25) is 0 Å². The normalized spacial score (nSPS) is 13.5. The van der Waals surface area contributed by atoms with E-state index in [0.29, 0.717) is 5.76 Å². The quantitative estimate of drug-likeness (QED) is 0.413. The Morgan fingerprint density at radius 1 is 1.18 bits per heavy atom. The number of hydrogen-bond acceptors (Lipinski definition) is 7. The van der Waals surface area contributed by atoms with E-state index in [1.807, 2.05) is 0 Å². The summed E-state index contributed by atoms with van der Waals surface area (Å²) in [4.78, 5) is 34.5. The molecule has 22 heavy (non-hydrogen) atoms. The van der Waals surface area contributed by atoms with E-state index >= 15 is 0 Å². The van der Waals surface area contributed by atoms with Gasteiger partial charge >= 0.3 is 17.9 Å². The standard InChI is InChI=1S/C15H16O7/c1-4-13(16)22-7-5-10-9-12(15(18)20-3)11(6-8-21-10)14(17)19-2/h4,6,8-9H,1,5,7H2,2-3H3. The Bertz CT molecular complexity index is 566. The van der Waals surface area contributed by atoms with Crippen LogP contribution in [-0.4, -0.2) is 38.7 Å². The average Bonchev–Trinajstić information content (AvgIpc) is 2.75. The number of ether oxygens (including phenoxy) is 4. The molecule has 0 atom stereocenters. The smallest absolute Gasteiger partial charge is 0.338 e. The van der Waals surface area contributed by atoms with Crippen LogP contribution in [-0.2, 0) is 33.3 Å². The van der Waals surface area contributed by atoms with Gasteiger partial charge in [-0.05, 0) is 12.2 Å². The summed E-state index contributed by atoms with van der Waals surface area (Å²) in [5, 5.41) is 0. The molecule has 0 saturated heterocycles. The van der Waals surface area contributed by atoms with Gasteiger partial charge in [-0.3, -0.25) is 0 Å². The predicted molar refractivity (Wildman–Crippen MR) is 75.1 cm³/mol. The van der Waals surface area contributed by atoms with Crippen molar-refractivity contribution in [2.45, 2.75) is 6.42 Å². The fourth-order valence-corrected chi connectivity index (χ4v) is 1.56. The van der Waals surface area contributed by atoms with E-state index in [0.717, 1.165) is 6.08 Å². The van der Waals surface area contributed by atoms with Crippen LogP contribution in [0, 0.1) is 0 Å². The lowest BCUT2D eigenvalue weighted by Crippen LogP contribution is -2.12. The number of carbonyl (C=O) groups excluding carboxylic acids is 3. The minimum absolute atomic E-state index is 0.00635. The molecule has 0 fully saturated rings. The van der Waals surface area contributed by atoms with Crippen LogP contribution < -0.4 is 0 Å². The fraction of sp³-hybridized carbons (Fsp3) is 0.267. The molecule has 0 aromatic heterocycles. The zero-order chi connectivity index (χ0) is 16.5. The van der Waals surface area contributed by atoms with Crippen molar-refractivity contribution in [3.05, 3.63) is 48.0 Å². The summed E-state index contributed by atoms with van der Waals surface area (Å²) in [6.45, 7) is 3.31. The highest BCUT2D eigenvalue weighted by molar-refractivity contribution is 6.04. The zero-order valence-corrected chi connectivity index (χ0v) is 12.3. The summed E-state index contributed by atoms with van der Waals surface area (Å²) in [7, 11) is 2.39. The van der Waals surface area contributed by atoms with Gasteiger partial charge in [-0.1, -0.05) is 6.58 Å². The van der Waals surface area contributed by atoms with Crippen molar-refractivity contribution in [2.24, 2.45) is 0 Å². The molecular weight excluding hydrogens is 292 g/mol. The molecule has 0 aromatic rings. The second-order valence-electron chi connectivity index (χ2n) is 3.96. The van der Waals surface area contributed by atoms with Gasteiger partial charge in [0.25, 0.3) is 0 Å². The highest BCUT2D eigenvalue weighted by atomic mass is 16.5. The average molecular weight is 308 g/mol. The van der Waals surface area contributed by atoms with Gasteiger partial charge in [0.1, 0.15) is 5.76 Å². The van der Waals surface area contributed by atoms with E-state index in [4.69, 9.17) is 9.47 Å². The third-order valence-electron chi connectivity index (χ3n) is 2.62. The molecule has 0 spiro atoms. The predicted octanol–water partition coefficient (Wildman–Crippen LogP) is 1.18. The fourth-order valence-electron chi connectivity index (χ4n) is 1.56. The molecule has 1 heterocycles. The van der Waals surface area contributed by atoms with Crippen molar-refractivity contribution in [2.75, 3.05) is 20.8 Å². The molecule has 1 aliphatic rings. The minimum Gasteiger partial charge on any atom is -0.469 e. The maximum atomic E-state index is 11.8. The van der Waals surface area contributed by atoms with Gasteiger partial charge in [-0.15, -0.1) is 0 Å². The van der Waals surface area contributed by atoms with E-state index in [9.17, 15) is 14.4 Å². The Kier molecular flexibility index (Phi) is 6.62. The first kappa shape index (κ1) is 17.2. The monoisotopic (exact) mass is 308 g/mol. The number of carbonyl (C=O) groups is 3. The molecule has 0 aromatic carbocycles. The van der Waals surface area contributed by atoms with Crippen LogP contribution in [0.5, 0.6) is 0 Å². The van der Waals surface area contributed by atoms with Gasteiger partial charge in [-0.2, -0.15) is 0 Å². The van der Waals surface area contributed by atoms with Crippen LogP contribution >= 0.6 is 0 Å². The topological polar surface area (TPSA) is 88.1 Å². The summed E-state index contributed by atoms with van der Waals surface area (Å²) in [5.41, 5.74) is 0.000540. The summed E-state index contributed by atoms with van der Waals surface area (Å²) in [6.07, 6.45) is 5.14. The molecule has 0 saturated carbocycles. The van der Waals surface area contributed by atoms with E-state index in [1.165, 1.54) is 32.6 Å². The van der Waals surface area contributed by atoms with Gasteiger partial charge < -0.3 is 18.9 Å². The largest absolute Gasteiger partial charge is 0.469 e. The Morgan fingerprint density at radius 2 is 1.82 bits per heavy atom. The second kappa shape index (κ2) is 8.46. The van der Waals surface area contributed by atoms with Gasteiger partial charge in [0.15, 0.2) is 0 Å². The molecular formula is C15H16O7. The Morgan fingerprint density at radius 3 is 2.41 bits per heavy atom. The van der Waals surface area contributed by atoms with Gasteiger partial charge in [0, 0.05) is 12.5 Å². The third kappa shape index (κ3) is 4.62. The first-order valence-electron chi connectivity index (χ1n) is 6.27. The van der Waals surface area contributed by atoms with Crippen LogP contribution in [0.4, 0.5) is 0 Å². The molecule has 0 radical (unpaired) electrons. The van der Waals surface area contributed by atoms with Crippen molar-refractivity contribution in [3.63, 3.8) is 0 Å². The summed E-state index contributed by atoms with van der Waals surface area (Å²) >= 11 is 0. The molecule has 0 aliphatic carbocycles. The molecule has 7 nitrogen and oxygen atoms in total. The highest BCUT2D eigenvalue weighted by Crippen LogP contribution is 2.20.